The molecule has 0 atom stereocenters. The number of carbonyl (C=O) groups is 1. The van der Waals surface area contributed by atoms with Gasteiger partial charge in [-0.1, -0.05) is 0 Å². The van der Waals surface area contributed by atoms with Crippen molar-refractivity contribution in [2.75, 3.05) is 6.54 Å². The SMILES string of the molecule is CC(=O)N(O)C/C=C(/c1ccsc1)P(=O)(O)O. The summed E-state index contributed by atoms with van der Waals surface area (Å²) in [5.41, 5.74) is 0.389. The van der Waals surface area contributed by atoms with Crippen molar-refractivity contribution in [2.45, 2.75) is 6.92 Å². The first-order valence-electron chi connectivity index (χ1n) is 4.58. The molecule has 1 rings (SSSR count). The summed E-state index contributed by atoms with van der Waals surface area (Å²) in [6.07, 6.45) is 1.14. The number of nitrogens with zero attached hydrogens (tertiary/aromatic N) is 1. The highest BCUT2D eigenvalue weighted by molar-refractivity contribution is 7.63. The minimum absolute atomic E-state index is 0.195. The van der Waals surface area contributed by atoms with Crippen molar-refractivity contribution in [1.29, 1.82) is 0 Å². The monoisotopic (exact) mass is 277 g/mol. The van der Waals surface area contributed by atoms with Gasteiger partial charge in [0, 0.05) is 12.5 Å². The van der Waals surface area contributed by atoms with Crippen molar-refractivity contribution >= 4 is 30.2 Å². The fraction of sp³-hybridized carbons (Fsp3) is 0.222. The van der Waals surface area contributed by atoms with Crippen molar-refractivity contribution in [3.8, 4) is 0 Å². The lowest BCUT2D eigenvalue weighted by molar-refractivity contribution is -0.160. The molecule has 0 saturated carbocycles. The van der Waals surface area contributed by atoms with Crippen LogP contribution in [0, 0.1) is 0 Å². The molecule has 17 heavy (non-hydrogen) atoms. The first-order valence-corrected chi connectivity index (χ1v) is 7.13. The fourth-order valence-corrected chi connectivity index (χ4v) is 2.65. The molecule has 6 nitrogen and oxygen atoms in total. The normalized spacial score (nSPS) is 12.6. The van der Waals surface area contributed by atoms with Crippen LogP contribution >= 0.6 is 18.9 Å². The average molecular weight is 277 g/mol. The molecule has 0 aliphatic rings. The van der Waals surface area contributed by atoms with Gasteiger partial charge in [0.2, 0.25) is 5.91 Å². The molecule has 94 valence electrons. The second-order valence-corrected chi connectivity index (χ2v) is 5.60. The zero-order valence-electron chi connectivity index (χ0n) is 8.98. The van der Waals surface area contributed by atoms with Gasteiger partial charge in [-0.25, -0.2) is 5.06 Å². The minimum atomic E-state index is -4.43. The van der Waals surface area contributed by atoms with Gasteiger partial charge in [-0.05, 0) is 22.9 Å². The number of hydroxylamine groups is 2. The maximum Gasteiger partial charge on any atom is 0.356 e. The first-order chi connectivity index (χ1) is 7.82. The van der Waals surface area contributed by atoms with Gasteiger partial charge >= 0.3 is 7.60 Å². The number of amides is 1. The molecule has 0 aliphatic carbocycles. The van der Waals surface area contributed by atoms with Crippen molar-refractivity contribution in [1.82, 2.24) is 5.06 Å². The lowest BCUT2D eigenvalue weighted by atomic mass is 10.3. The molecular formula is C9H12NO5PS. The van der Waals surface area contributed by atoms with E-state index >= 15 is 0 Å². The van der Waals surface area contributed by atoms with Crippen molar-refractivity contribution in [2.24, 2.45) is 0 Å². The smallest absolute Gasteiger partial charge is 0.321 e. The Morgan fingerprint density at radius 2 is 2.24 bits per heavy atom. The van der Waals surface area contributed by atoms with E-state index in [0.29, 0.717) is 10.6 Å². The maximum absolute atomic E-state index is 11.3. The van der Waals surface area contributed by atoms with Gasteiger partial charge in [-0.3, -0.25) is 14.6 Å². The van der Waals surface area contributed by atoms with Crippen LogP contribution in [0.4, 0.5) is 0 Å². The van der Waals surface area contributed by atoms with Crippen LogP contribution in [0.25, 0.3) is 5.31 Å². The van der Waals surface area contributed by atoms with Gasteiger partial charge < -0.3 is 9.79 Å². The third-order valence-electron chi connectivity index (χ3n) is 1.95. The maximum atomic E-state index is 11.3. The van der Waals surface area contributed by atoms with E-state index < -0.39 is 13.5 Å². The molecule has 1 aromatic heterocycles. The Kier molecular flexibility index (Phi) is 4.62. The van der Waals surface area contributed by atoms with Gasteiger partial charge in [-0.2, -0.15) is 11.3 Å². The Labute approximate surface area is 102 Å². The summed E-state index contributed by atoms with van der Waals surface area (Å²) >= 11 is 1.30. The highest BCUT2D eigenvalue weighted by atomic mass is 32.1. The molecule has 0 bridgehead atoms. The average Bonchev–Trinajstić information content (AvgIpc) is 2.68. The predicted molar refractivity (Wildman–Crippen MR) is 63.5 cm³/mol. The summed E-state index contributed by atoms with van der Waals surface area (Å²) in [5, 5.41) is 12.6. The van der Waals surface area contributed by atoms with Crippen LogP contribution < -0.4 is 0 Å². The highest BCUT2D eigenvalue weighted by Crippen LogP contribution is 2.51. The second-order valence-electron chi connectivity index (χ2n) is 3.25. The number of rotatable bonds is 4. The molecule has 0 fully saturated rings. The van der Waals surface area contributed by atoms with E-state index in [9.17, 15) is 9.36 Å². The largest absolute Gasteiger partial charge is 0.356 e. The Morgan fingerprint density at radius 1 is 1.59 bits per heavy atom. The molecule has 0 spiro atoms. The Bertz CT molecular complexity index is 464. The Morgan fingerprint density at radius 3 is 2.65 bits per heavy atom. The first kappa shape index (κ1) is 14.1. The third-order valence-corrected chi connectivity index (χ3v) is 3.70. The summed E-state index contributed by atoms with van der Waals surface area (Å²) in [5.74, 6) is -0.600. The summed E-state index contributed by atoms with van der Waals surface area (Å²) < 4.78 is 11.3. The zero-order valence-corrected chi connectivity index (χ0v) is 10.7. The number of hydrogen-bond acceptors (Lipinski definition) is 4. The van der Waals surface area contributed by atoms with Gasteiger partial charge in [-0.15, -0.1) is 0 Å². The molecule has 0 saturated heterocycles. The summed E-state index contributed by atoms with van der Waals surface area (Å²) in [6.45, 7) is 0.876. The van der Waals surface area contributed by atoms with E-state index in [2.05, 4.69) is 0 Å². The zero-order chi connectivity index (χ0) is 13.1. The molecule has 1 aromatic rings. The van der Waals surface area contributed by atoms with Crippen LogP contribution in [0.3, 0.4) is 0 Å². The minimum Gasteiger partial charge on any atom is -0.321 e. The van der Waals surface area contributed by atoms with Crippen LogP contribution in [-0.2, 0) is 9.36 Å². The van der Waals surface area contributed by atoms with Crippen LogP contribution in [0.1, 0.15) is 12.5 Å². The lowest BCUT2D eigenvalue weighted by Gasteiger charge is -2.12. The van der Waals surface area contributed by atoms with Crippen LogP contribution in [0.5, 0.6) is 0 Å². The van der Waals surface area contributed by atoms with E-state index in [1.54, 1.807) is 16.8 Å². The Hall–Kier alpha value is -0.980. The molecule has 0 aliphatic heterocycles. The number of carbonyl (C=O) groups excluding carboxylic acids is 1. The molecule has 0 unspecified atom stereocenters. The van der Waals surface area contributed by atoms with Gasteiger partial charge in [0.05, 0.1) is 11.9 Å². The van der Waals surface area contributed by atoms with Crippen molar-refractivity contribution in [3.05, 3.63) is 28.5 Å². The molecular weight excluding hydrogens is 265 g/mol. The van der Waals surface area contributed by atoms with E-state index in [1.807, 2.05) is 0 Å². The van der Waals surface area contributed by atoms with Crippen molar-refractivity contribution in [3.63, 3.8) is 0 Å². The summed E-state index contributed by atoms with van der Waals surface area (Å²) in [7, 11) is -4.43. The molecule has 1 amide bonds. The number of thiophene rings is 1. The fourth-order valence-electron chi connectivity index (χ4n) is 1.12. The van der Waals surface area contributed by atoms with E-state index in [1.165, 1.54) is 11.3 Å². The lowest BCUT2D eigenvalue weighted by Crippen LogP contribution is -2.24. The van der Waals surface area contributed by atoms with E-state index in [-0.39, 0.29) is 11.9 Å². The van der Waals surface area contributed by atoms with Gasteiger partial charge in [0.1, 0.15) is 0 Å². The quantitative estimate of drug-likeness (QED) is 0.440. The van der Waals surface area contributed by atoms with Gasteiger partial charge in [0.15, 0.2) is 0 Å². The highest BCUT2D eigenvalue weighted by Gasteiger charge is 2.23. The van der Waals surface area contributed by atoms with Crippen molar-refractivity contribution < 1.29 is 24.4 Å². The Balaban J connectivity index is 2.97. The predicted octanol–water partition coefficient (Wildman–Crippen LogP) is 1.50. The van der Waals surface area contributed by atoms with E-state index in [0.717, 1.165) is 13.0 Å². The molecule has 0 aromatic carbocycles. The van der Waals surface area contributed by atoms with Gasteiger partial charge in [0.25, 0.3) is 0 Å². The molecule has 1 heterocycles. The van der Waals surface area contributed by atoms with Crippen LogP contribution in [0.2, 0.25) is 0 Å². The van der Waals surface area contributed by atoms with Crippen LogP contribution in [0.15, 0.2) is 22.9 Å². The third kappa shape index (κ3) is 4.07. The number of hydrogen-bond donors (Lipinski definition) is 3. The summed E-state index contributed by atoms with van der Waals surface area (Å²) in [4.78, 5) is 29.1. The second kappa shape index (κ2) is 5.57. The van der Waals surface area contributed by atoms with Crippen LogP contribution in [-0.4, -0.2) is 32.5 Å². The van der Waals surface area contributed by atoms with E-state index in [4.69, 9.17) is 15.0 Å². The molecule has 8 heteroatoms. The molecule has 3 N–H and O–H groups in total. The topological polar surface area (TPSA) is 98.1 Å². The standard InChI is InChI=1S/C9H12NO5PS/c1-7(11)10(12)4-2-9(16(13,14)15)8-3-5-17-6-8/h2-3,5-6,12H,4H2,1H3,(H2,13,14,15)/b9-2-. The summed E-state index contributed by atoms with van der Waals surface area (Å²) in [6, 6.07) is 1.56. The molecule has 0 radical (unpaired) electrons.